The zero-order valence-electron chi connectivity index (χ0n) is 16.5. The van der Waals surface area contributed by atoms with Gasteiger partial charge < -0.3 is 9.47 Å². The number of carbonyl (C=O) groups excluding carboxylic acids is 1. The summed E-state index contributed by atoms with van der Waals surface area (Å²) < 4.78 is 11.3. The van der Waals surface area contributed by atoms with Crippen molar-refractivity contribution >= 4 is 35.3 Å². The van der Waals surface area contributed by atoms with E-state index < -0.39 is 5.91 Å². The van der Waals surface area contributed by atoms with Gasteiger partial charge in [-0.3, -0.25) is 4.79 Å². The fourth-order valence-corrected chi connectivity index (χ4v) is 3.12. The molecule has 154 valence electrons. The predicted molar refractivity (Wildman–Crippen MR) is 120 cm³/mol. The highest BCUT2D eigenvalue weighted by Crippen LogP contribution is 2.28. The lowest BCUT2D eigenvalue weighted by atomic mass is 10.2. The van der Waals surface area contributed by atoms with E-state index in [0.717, 1.165) is 11.1 Å². The molecule has 0 atom stereocenters. The van der Waals surface area contributed by atoms with E-state index in [1.807, 2.05) is 37.3 Å². The van der Waals surface area contributed by atoms with Crippen LogP contribution in [0.1, 0.15) is 27.0 Å². The molecule has 7 heteroatoms. The number of methoxy groups -OCH3 is 1. The van der Waals surface area contributed by atoms with Crippen molar-refractivity contribution in [3.63, 3.8) is 0 Å². The van der Waals surface area contributed by atoms with E-state index in [0.29, 0.717) is 23.1 Å². The highest BCUT2D eigenvalue weighted by Gasteiger charge is 2.10. The van der Waals surface area contributed by atoms with Crippen LogP contribution in [-0.2, 0) is 6.61 Å². The van der Waals surface area contributed by atoms with Gasteiger partial charge >= 0.3 is 0 Å². The summed E-state index contributed by atoms with van der Waals surface area (Å²) in [4.78, 5) is 12.2. The Labute approximate surface area is 185 Å². The standard InChI is InChI=1S/C23H20Cl2N2O3/c1-15-3-5-16(6-4-15)14-30-21-10-7-17(11-22(21)29-2)13-26-27-23(28)19-9-8-18(24)12-20(19)25/h3-13H,14H2,1-2H3,(H,27,28)/b26-13+. The van der Waals surface area contributed by atoms with Crippen molar-refractivity contribution < 1.29 is 14.3 Å². The normalized spacial score (nSPS) is 10.8. The maximum Gasteiger partial charge on any atom is 0.272 e. The van der Waals surface area contributed by atoms with Crippen molar-refractivity contribution in [2.45, 2.75) is 13.5 Å². The SMILES string of the molecule is COc1cc(/C=N/NC(=O)c2ccc(Cl)cc2Cl)ccc1OCc1ccc(C)cc1. The third-order valence-electron chi connectivity index (χ3n) is 4.26. The van der Waals surface area contributed by atoms with Crippen molar-refractivity contribution in [1.82, 2.24) is 5.43 Å². The Morgan fingerprint density at radius 1 is 1.03 bits per heavy atom. The van der Waals surface area contributed by atoms with Crippen molar-refractivity contribution in [2.24, 2.45) is 5.10 Å². The predicted octanol–water partition coefficient (Wildman–Crippen LogP) is 5.65. The monoisotopic (exact) mass is 442 g/mol. The van der Waals surface area contributed by atoms with Gasteiger partial charge in [-0.05, 0) is 54.4 Å². The number of nitrogens with zero attached hydrogens (tertiary/aromatic N) is 1. The van der Waals surface area contributed by atoms with Crippen molar-refractivity contribution in [1.29, 1.82) is 0 Å². The van der Waals surface area contributed by atoms with Crippen LogP contribution in [-0.4, -0.2) is 19.2 Å². The van der Waals surface area contributed by atoms with Crippen molar-refractivity contribution in [3.8, 4) is 11.5 Å². The number of halogens is 2. The quantitative estimate of drug-likeness (QED) is 0.379. The average molecular weight is 443 g/mol. The van der Waals surface area contributed by atoms with Crippen LogP contribution in [0.15, 0.2) is 65.8 Å². The number of nitrogens with one attached hydrogen (secondary N) is 1. The number of hydrogen-bond donors (Lipinski definition) is 1. The minimum atomic E-state index is -0.432. The molecule has 0 fully saturated rings. The number of rotatable bonds is 7. The van der Waals surface area contributed by atoms with Gasteiger partial charge in [-0.15, -0.1) is 0 Å². The zero-order chi connectivity index (χ0) is 21.5. The van der Waals surface area contributed by atoms with Crippen LogP contribution in [0.3, 0.4) is 0 Å². The minimum Gasteiger partial charge on any atom is -0.493 e. The molecule has 0 aliphatic rings. The molecule has 0 spiro atoms. The highest BCUT2D eigenvalue weighted by molar-refractivity contribution is 6.36. The molecule has 0 saturated heterocycles. The van der Waals surface area contributed by atoms with Crippen LogP contribution in [0.2, 0.25) is 10.0 Å². The summed E-state index contributed by atoms with van der Waals surface area (Å²) in [6.07, 6.45) is 1.51. The topological polar surface area (TPSA) is 59.9 Å². The molecule has 0 unspecified atom stereocenters. The smallest absolute Gasteiger partial charge is 0.272 e. The van der Waals surface area contributed by atoms with E-state index in [4.69, 9.17) is 32.7 Å². The highest BCUT2D eigenvalue weighted by atomic mass is 35.5. The molecule has 0 aliphatic carbocycles. The molecular formula is C23H20Cl2N2O3. The fraction of sp³-hybridized carbons (Fsp3) is 0.130. The number of carbonyl (C=O) groups is 1. The van der Waals surface area contributed by atoms with Gasteiger partial charge in [0, 0.05) is 5.02 Å². The van der Waals surface area contributed by atoms with Gasteiger partial charge in [0.1, 0.15) is 6.61 Å². The summed E-state index contributed by atoms with van der Waals surface area (Å²) in [5.41, 5.74) is 5.73. The molecule has 0 bridgehead atoms. The van der Waals surface area contributed by atoms with Crippen LogP contribution in [0.25, 0.3) is 0 Å². The minimum absolute atomic E-state index is 0.256. The van der Waals surface area contributed by atoms with E-state index in [-0.39, 0.29) is 10.6 Å². The molecule has 0 radical (unpaired) electrons. The Balaban J connectivity index is 1.63. The summed E-state index contributed by atoms with van der Waals surface area (Å²) in [5, 5.41) is 4.69. The second-order valence-corrected chi connectivity index (χ2v) is 7.35. The van der Waals surface area contributed by atoms with E-state index in [1.165, 1.54) is 17.8 Å². The van der Waals surface area contributed by atoms with Gasteiger partial charge in [0.15, 0.2) is 11.5 Å². The zero-order valence-corrected chi connectivity index (χ0v) is 18.0. The van der Waals surface area contributed by atoms with Crippen molar-refractivity contribution in [2.75, 3.05) is 7.11 Å². The number of hydrazone groups is 1. The Kier molecular flexibility index (Phi) is 7.33. The second-order valence-electron chi connectivity index (χ2n) is 6.51. The lowest BCUT2D eigenvalue weighted by Gasteiger charge is -2.11. The molecular weight excluding hydrogens is 423 g/mol. The summed E-state index contributed by atoms with van der Waals surface area (Å²) >= 11 is 11.9. The third kappa shape index (κ3) is 5.75. The number of hydrogen-bond acceptors (Lipinski definition) is 4. The molecule has 1 N–H and O–H groups in total. The third-order valence-corrected chi connectivity index (χ3v) is 4.81. The van der Waals surface area contributed by atoms with Crippen LogP contribution >= 0.6 is 23.2 Å². The molecule has 3 aromatic carbocycles. The molecule has 0 aromatic heterocycles. The fourth-order valence-electron chi connectivity index (χ4n) is 2.63. The second kappa shape index (κ2) is 10.1. The van der Waals surface area contributed by atoms with Crippen LogP contribution in [0.5, 0.6) is 11.5 Å². The molecule has 0 saturated carbocycles. The lowest BCUT2D eigenvalue weighted by molar-refractivity contribution is 0.0955. The van der Waals surface area contributed by atoms with E-state index in [1.54, 1.807) is 31.4 Å². The number of benzene rings is 3. The maximum atomic E-state index is 12.2. The first-order valence-electron chi connectivity index (χ1n) is 9.11. The van der Waals surface area contributed by atoms with E-state index in [9.17, 15) is 4.79 Å². The number of aryl methyl sites for hydroxylation is 1. The largest absolute Gasteiger partial charge is 0.493 e. The van der Waals surface area contributed by atoms with Gasteiger partial charge in [-0.25, -0.2) is 5.43 Å². The van der Waals surface area contributed by atoms with Crippen LogP contribution < -0.4 is 14.9 Å². The van der Waals surface area contributed by atoms with Crippen LogP contribution in [0, 0.1) is 6.92 Å². The summed E-state index contributed by atoms with van der Waals surface area (Å²) in [5.74, 6) is 0.753. The molecule has 3 aromatic rings. The lowest BCUT2D eigenvalue weighted by Crippen LogP contribution is -2.18. The Morgan fingerprint density at radius 2 is 1.80 bits per heavy atom. The molecule has 3 rings (SSSR count). The Bertz CT molecular complexity index is 1070. The Morgan fingerprint density at radius 3 is 2.50 bits per heavy atom. The van der Waals surface area contributed by atoms with Gasteiger partial charge in [-0.1, -0.05) is 53.0 Å². The first-order valence-corrected chi connectivity index (χ1v) is 9.86. The summed E-state index contributed by atoms with van der Waals surface area (Å²) in [6.45, 7) is 2.47. The molecule has 1 amide bonds. The average Bonchev–Trinajstić information content (AvgIpc) is 2.73. The first kappa shape index (κ1) is 21.7. The number of ether oxygens (including phenoxy) is 2. The Hall–Kier alpha value is -3.02. The van der Waals surface area contributed by atoms with Gasteiger partial charge in [0.05, 0.1) is 23.9 Å². The summed E-state index contributed by atoms with van der Waals surface area (Å²) in [7, 11) is 1.57. The summed E-state index contributed by atoms with van der Waals surface area (Å²) in [6, 6.07) is 18.2. The molecule has 5 nitrogen and oxygen atoms in total. The maximum absolute atomic E-state index is 12.2. The molecule has 0 heterocycles. The molecule has 30 heavy (non-hydrogen) atoms. The van der Waals surface area contributed by atoms with Gasteiger partial charge in [0.25, 0.3) is 5.91 Å². The number of amides is 1. The van der Waals surface area contributed by atoms with Gasteiger partial charge in [-0.2, -0.15) is 5.10 Å². The van der Waals surface area contributed by atoms with E-state index >= 15 is 0 Å². The first-order chi connectivity index (χ1) is 14.5. The molecule has 0 aliphatic heterocycles. The van der Waals surface area contributed by atoms with Gasteiger partial charge in [0.2, 0.25) is 0 Å². The van der Waals surface area contributed by atoms with E-state index in [2.05, 4.69) is 10.5 Å². The van der Waals surface area contributed by atoms with Crippen molar-refractivity contribution in [3.05, 3.63) is 93.0 Å². The van der Waals surface area contributed by atoms with Crippen LogP contribution in [0.4, 0.5) is 0 Å².